The van der Waals surface area contributed by atoms with Crippen LogP contribution in [0.15, 0.2) is 42.6 Å². The Kier molecular flexibility index (Phi) is 4.02. The van der Waals surface area contributed by atoms with Gasteiger partial charge in [-0.05, 0) is 25.1 Å². The smallest absolute Gasteiger partial charge is 0.132 e. The first-order valence-corrected chi connectivity index (χ1v) is 5.83. The van der Waals surface area contributed by atoms with Gasteiger partial charge in [0.15, 0.2) is 0 Å². The second-order valence-electron chi connectivity index (χ2n) is 3.69. The first-order chi connectivity index (χ1) is 8.81. The van der Waals surface area contributed by atoms with Crippen molar-refractivity contribution >= 4 is 5.82 Å². The Bertz CT molecular complexity index is 515. The number of anilines is 1. The third-order valence-electron chi connectivity index (χ3n) is 2.37. The molecule has 0 fully saturated rings. The molecular formula is C14H16N2O2. The third-order valence-corrected chi connectivity index (χ3v) is 2.37. The fourth-order valence-corrected chi connectivity index (χ4v) is 1.55. The summed E-state index contributed by atoms with van der Waals surface area (Å²) in [5.74, 6) is 3.06. The number of rotatable bonds is 5. The largest absolute Gasteiger partial charge is 0.497 e. The standard InChI is InChI=1S/C14H16N2O2/c1-3-15-14-10-13(7-8-16-14)18-12-6-4-5-11(9-12)17-2/h4-10H,3H2,1-2H3,(H,15,16). The number of methoxy groups -OCH3 is 1. The van der Waals surface area contributed by atoms with E-state index in [0.29, 0.717) is 0 Å². The van der Waals surface area contributed by atoms with Crippen LogP contribution in [0.1, 0.15) is 6.92 Å². The van der Waals surface area contributed by atoms with Crippen molar-refractivity contribution < 1.29 is 9.47 Å². The van der Waals surface area contributed by atoms with Gasteiger partial charge in [0.1, 0.15) is 23.1 Å². The minimum Gasteiger partial charge on any atom is -0.497 e. The van der Waals surface area contributed by atoms with E-state index in [4.69, 9.17) is 9.47 Å². The number of nitrogens with zero attached hydrogens (tertiary/aromatic N) is 1. The van der Waals surface area contributed by atoms with Crippen molar-refractivity contribution in [2.24, 2.45) is 0 Å². The molecule has 1 N–H and O–H groups in total. The average Bonchev–Trinajstić information content (AvgIpc) is 2.40. The van der Waals surface area contributed by atoms with E-state index in [-0.39, 0.29) is 0 Å². The molecule has 0 aliphatic rings. The van der Waals surface area contributed by atoms with Crippen molar-refractivity contribution in [3.63, 3.8) is 0 Å². The van der Waals surface area contributed by atoms with Gasteiger partial charge >= 0.3 is 0 Å². The van der Waals surface area contributed by atoms with Crippen LogP contribution in [0.3, 0.4) is 0 Å². The van der Waals surface area contributed by atoms with E-state index in [1.54, 1.807) is 13.3 Å². The van der Waals surface area contributed by atoms with E-state index in [2.05, 4.69) is 10.3 Å². The van der Waals surface area contributed by atoms with E-state index in [0.717, 1.165) is 29.6 Å². The lowest BCUT2D eigenvalue weighted by Crippen LogP contribution is -1.98. The van der Waals surface area contributed by atoms with Crippen LogP contribution >= 0.6 is 0 Å². The average molecular weight is 244 g/mol. The Balaban J connectivity index is 2.14. The molecule has 0 saturated heterocycles. The number of hydrogen-bond donors (Lipinski definition) is 1. The monoisotopic (exact) mass is 244 g/mol. The Labute approximate surface area is 107 Å². The van der Waals surface area contributed by atoms with Crippen molar-refractivity contribution in [3.05, 3.63) is 42.6 Å². The van der Waals surface area contributed by atoms with E-state index in [1.807, 2.05) is 43.3 Å². The van der Waals surface area contributed by atoms with Crippen molar-refractivity contribution in [2.45, 2.75) is 6.92 Å². The summed E-state index contributed by atoms with van der Waals surface area (Å²) < 4.78 is 10.9. The van der Waals surface area contributed by atoms with Gasteiger partial charge in [-0.2, -0.15) is 0 Å². The quantitative estimate of drug-likeness (QED) is 0.876. The molecule has 2 rings (SSSR count). The van der Waals surface area contributed by atoms with Gasteiger partial charge in [0.2, 0.25) is 0 Å². The number of ether oxygens (including phenoxy) is 2. The van der Waals surface area contributed by atoms with Gasteiger partial charge in [-0.3, -0.25) is 0 Å². The highest BCUT2D eigenvalue weighted by molar-refractivity contribution is 5.43. The zero-order valence-electron chi connectivity index (χ0n) is 10.5. The van der Waals surface area contributed by atoms with E-state index in [9.17, 15) is 0 Å². The van der Waals surface area contributed by atoms with Crippen LogP contribution in [0.4, 0.5) is 5.82 Å². The van der Waals surface area contributed by atoms with Crippen molar-refractivity contribution in [1.29, 1.82) is 0 Å². The van der Waals surface area contributed by atoms with Crippen LogP contribution in [0, 0.1) is 0 Å². The summed E-state index contributed by atoms with van der Waals surface area (Å²) in [4.78, 5) is 4.19. The molecule has 1 aromatic carbocycles. The maximum absolute atomic E-state index is 5.75. The molecule has 4 heteroatoms. The molecule has 0 aliphatic heterocycles. The molecule has 0 aliphatic carbocycles. The van der Waals surface area contributed by atoms with Crippen LogP contribution in [0.5, 0.6) is 17.2 Å². The van der Waals surface area contributed by atoms with E-state index >= 15 is 0 Å². The lowest BCUT2D eigenvalue weighted by molar-refractivity contribution is 0.409. The number of pyridine rings is 1. The Morgan fingerprint density at radius 1 is 1.11 bits per heavy atom. The van der Waals surface area contributed by atoms with Crippen LogP contribution in [0.2, 0.25) is 0 Å². The predicted molar refractivity (Wildman–Crippen MR) is 71.5 cm³/mol. The Morgan fingerprint density at radius 2 is 1.89 bits per heavy atom. The highest BCUT2D eigenvalue weighted by atomic mass is 16.5. The molecule has 1 heterocycles. The highest BCUT2D eigenvalue weighted by Crippen LogP contribution is 2.25. The first-order valence-electron chi connectivity index (χ1n) is 5.83. The van der Waals surface area contributed by atoms with Gasteiger partial charge in [-0.1, -0.05) is 6.07 Å². The molecule has 2 aromatic rings. The molecule has 0 unspecified atom stereocenters. The molecule has 0 amide bonds. The molecule has 18 heavy (non-hydrogen) atoms. The number of nitrogens with one attached hydrogen (secondary N) is 1. The third kappa shape index (κ3) is 3.13. The van der Waals surface area contributed by atoms with Crippen LogP contribution < -0.4 is 14.8 Å². The van der Waals surface area contributed by atoms with Gasteiger partial charge in [-0.25, -0.2) is 4.98 Å². The molecule has 0 saturated carbocycles. The van der Waals surface area contributed by atoms with Gasteiger partial charge in [0, 0.05) is 24.9 Å². The van der Waals surface area contributed by atoms with E-state index < -0.39 is 0 Å². The minimum atomic E-state index is 0.739. The maximum Gasteiger partial charge on any atom is 0.132 e. The molecule has 0 atom stereocenters. The molecule has 4 nitrogen and oxygen atoms in total. The summed E-state index contributed by atoms with van der Waals surface area (Å²) in [5.41, 5.74) is 0. The zero-order chi connectivity index (χ0) is 12.8. The summed E-state index contributed by atoms with van der Waals surface area (Å²) in [6, 6.07) is 11.2. The zero-order valence-corrected chi connectivity index (χ0v) is 10.5. The van der Waals surface area contributed by atoms with Gasteiger partial charge < -0.3 is 14.8 Å². The van der Waals surface area contributed by atoms with Crippen LogP contribution in [-0.2, 0) is 0 Å². The fraction of sp³-hybridized carbons (Fsp3) is 0.214. The van der Waals surface area contributed by atoms with Gasteiger partial charge in [0.25, 0.3) is 0 Å². The highest BCUT2D eigenvalue weighted by Gasteiger charge is 2.00. The summed E-state index contributed by atoms with van der Waals surface area (Å²) in [5, 5.41) is 3.14. The number of hydrogen-bond acceptors (Lipinski definition) is 4. The number of benzene rings is 1. The summed E-state index contributed by atoms with van der Waals surface area (Å²) in [6.45, 7) is 2.85. The van der Waals surface area contributed by atoms with Crippen molar-refractivity contribution in [1.82, 2.24) is 4.98 Å². The normalized spacial score (nSPS) is 9.89. The Hall–Kier alpha value is -2.23. The minimum absolute atomic E-state index is 0.739. The maximum atomic E-state index is 5.75. The van der Waals surface area contributed by atoms with Crippen molar-refractivity contribution in [3.8, 4) is 17.2 Å². The molecule has 0 bridgehead atoms. The van der Waals surface area contributed by atoms with Crippen molar-refractivity contribution in [2.75, 3.05) is 19.0 Å². The molecular weight excluding hydrogens is 228 g/mol. The second-order valence-corrected chi connectivity index (χ2v) is 3.69. The summed E-state index contributed by atoms with van der Waals surface area (Å²) in [6.07, 6.45) is 1.72. The van der Waals surface area contributed by atoms with Gasteiger partial charge in [0.05, 0.1) is 7.11 Å². The summed E-state index contributed by atoms with van der Waals surface area (Å²) in [7, 11) is 1.63. The Morgan fingerprint density at radius 3 is 2.67 bits per heavy atom. The molecule has 0 spiro atoms. The molecule has 1 aromatic heterocycles. The van der Waals surface area contributed by atoms with E-state index in [1.165, 1.54) is 0 Å². The predicted octanol–water partition coefficient (Wildman–Crippen LogP) is 3.31. The summed E-state index contributed by atoms with van der Waals surface area (Å²) >= 11 is 0. The number of aromatic nitrogens is 1. The fourth-order valence-electron chi connectivity index (χ4n) is 1.55. The lowest BCUT2D eigenvalue weighted by Gasteiger charge is -2.08. The SMILES string of the molecule is CCNc1cc(Oc2cccc(OC)c2)ccn1. The second kappa shape index (κ2) is 5.91. The topological polar surface area (TPSA) is 43.4 Å². The van der Waals surface area contributed by atoms with Gasteiger partial charge in [-0.15, -0.1) is 0 Å². The van der Waals surface area contributed by atoms with Crippen LogP contribution in [-0.4, -0.2) is 18.6 Å². The molecule has 94 valence electrons. The van der Waals surface area contributed by atoms with Crippen LogP contribution in [0.25, 0.3) is 0 Å². The lowest BCUT2D eigenvalue weighted by atomic mass is 10.3. The first kappa shape index (κ1) is 12.2. The molecule has 0 radical (unpaired) electrons.